The van der Waals surface area contributed by atoms with Crippen LogP contribution in [0.15, 0.2) is 192 Å². The summed E-state index contributed by atoms with van der Waals surface area (Å²) < 4.78 is 5.03. The van der Waals surface area contributed by atoms with E-state index in [0.717, 1.165) is 5.69 Å². The van der Waals surface area contributed by atoms with Crippen molar-refractivity contribution in [3.8, 4) is 44.8 Å². The lowest BCUT2D eigenvalue weighted by Crippen LogP contribution is -2.06. The number of nitrogens with zero attached hydrogens (tertiary/aromatic N) is 2. The molecule has 1 aliphatic heterocycles. The van der Waals surface area contributed by atoms with Gasteiger partial charge >= 0.3 is 0 Å². The van der Waals surface area contributed by atoms with Crippen molar-refractivity contribution in [2.45, 2.75) is 9.79 Å². The van der Waals surface area contributed by atoms with Crippen molar-refractivity contribution in [2.24, 2.45) is 0 Å². The van der Waals surface area contributed by atoms with Gasteiger partial charge in [0.2, 0.25) is 0 Å². The van der Waals surface area contributed by atoms with Crippen LogP contribution in [0.5, 0.6) is 0 Å². The number of benzene rings is 8. The zero-order valence-corrected chi connectivity index (χ0v) is 28.4. The van der Waals surface area contributed by atoms with Gasteiger partial charge in [-0.05, 0) is 80.6 Å². The van der Waals surface area contributed by atoms with Gasteiger partial charge in [-0.3, -0.25) is 9.13 Å². The summed E-state index contributed by atoms with van der Waals surface area (Å²) in [5.74, 6) is 0. The van der Waals surface area contributed by atoms with Crippen LogP contribution in [0.25, 0.3) is 88.4 Å². The second-order valence-corrected chi connectivity index (χ2v) is 14.4. The first-order valence-electron chi connectivity index (χ1n) is 17.4. The average Bonchev–Trinajstić information content (AvgIpc) is 3.72. The number of para-hydroxylation sites is 2. The minimum Gasteiger partial charge on any atom is -0.295 e. The van der Waals surface area contributed by atoms with Crippen molar-refractivity contribution in [3.05, 3.63) is 182 Å². The van der Waals surface area contributed by atoms with Gasteiger partial charge in [-0.25, -0.2) is 0 Å². The molecule has 3 heteroatoms. The summed E-state index contributed by atoms with van der Waals surface area (Å²) in [6, 6.07) is 66.5. The molecule has 0 spiro atoms. The Balaban J connectivity index is 1.22. The van der Waals surface area contributed by atoms with Gasteiger partial charge in [0.15, 0.2) is 0 Å². The molecule has 0 unspecified atom stereocenters. The molecular weight excluding hydrogens is 637 g/mol. The highest BCUT2D eigenvalue weighted by molar-refractivity contribution is 8.00. The summed E-state index contributed by atoms with van der Waals surface area (Å²) in [6.45, 7) is 0. The highest BCUT2D eigenvalue weighted by Gasteiger charge is 2.30. The fourth-order valence-corrected chi connectivity index (χ4v) is 9.45. The van der Waals surface area contributed by atoms with Gasteiger partial charge in [-0.1, -0.05) is 157 Å². The van der Waals surface area contributed by atoms with E-state index >= 15 is 0 Å². The van der Waals surface area contributed by atoms with Gasteiger partial charge < -0.3 is 0 Å². The van der Waals surface area contributed by atoms with Gasteiger partial charge in [-0.2, -0.15) is 0 Å². The minimum absolute atomic E-state index is 1.15. The highest BCUT2D eigenvalue weighted by Crippen LogP contribution is 2.53. The Morgan fingerprint density at radius 3 is 1.92 bits per heavy atom. The summed E-state index contributed by atoms with van der Waals surface area (Å²) >= 11 is 1.89. The van der Waals surface area contributed by atoms with Crippen LogP contribution in [-0.2, 0) is 0 Å². The molecule has 0 fully saturated rings. The van der Waals surface area contributed by atoms with E-state index in [-0.39, 0.29) is 0 Å². The third kappa shape index (κ3) is 4.25. The largest absolute Gasteiger partial charge is 0.295 e. The van der Waals surface area contributed by atoms with E-state index < -0.39 is 0 Å². The smallest absolute Gasteiger partial charge is 0.131 e. The average molecular weight is 667 g/mol. The van der Waals surface area contributed by atoms with E-state index in [1.807, 2.05) is 11.8 Å². The molecule has 3 heterocycles. The zero-order valence-electron chi connectivity index (χ0n) is 27.6. The zero-order chi connectivity index (χ0) is 33.5. The Labute approximate surface area is 299 Å². The van der Waals surface area contributed by atoms with E-state index in [0.29, 0.717) is 0 Å². The molecule has 0 atom stereocenters. The normalized spacial score (nSPS) is 12.2. The Bertz CT molecular complexity index is 2970. The molecule has 0 radical (unpaired) electrons. The van der Waals surface area contributed by atoms with Crippen LogP contribution in [0.1, 0.15) is 0 Å². The molecule has 0 bridgehead atoms. The van der Waals surface area contributed by atoms with Gasteiger partial charge in [0.05, 0.1) is 16.7 Å². The lowest BCUT2D eigenvalue weighted by atomic mass is 9.97. The predicted octanol–water partition coefficient (Wildman–Crippen LogP) is 13.3. The number of aromatic nitrogens is 2. The molecule has 0 saturated carbocycles. The number of hydrogen-bond donors (Lipinski definition) is 0. The maximum absolute atomic E-state index is 2.55. The van der Waals surface area contributed by atoms with Crippen molar-refractivity contribution in [1.29, 1.82) is 0 Å². The molecule has 11 rings (SSSR count). The van der Waals surface area contributed by atoms with Crippen molar-refractivity contribution in [3.63, 3.8) is 0 Å². The summed E-state index contributed by atoms with van der Waals surface area (Å²) in [5, 5.41) is 6.37. The van der Waals surface area contributed by atoms with Crippen molar-refractivity contribution < 1.29 is 0 Å². The first kappa shape index (κ1) is 28.5. The van der Waals surface area contributed by atoms with Crippen LogP contribution >= 0.6 is 11.8 Å². The van der Waals surface area contributed by atoms with Crippen molar-refractivity contribution in [2.75, 3.05) is 0 Å². The molecule has 2 aromatic heterocycles. The van der Waals surface area contributed by atoms with E-state index in [1.165, 1.54) is 92.5 Å². The lowest BCUT2D eigenvalue weighted by Gasteiger charge is -2.23. The quantitative estimate of drug-likeness (QED) is 0.182. The van der Waals surface area contributed by atoms with Crippen molar-refractivity contribution >= 4 is 55.4 Å². The highest BCUT2D eigenvalue weighted by atomic mass is 32.2. The van der Waals surface area contributed by atoms with E-state index in [2.05, 4.69) is 191 Å². The van der Waals surface area contributed by atoms with Crippen LogP contribution in [-0.4, -0.2) is 9.13 Å². The molecular formula is C48H30N2S. The molecule has 8 aromatic carbocycles. The second-order valence-electron chi connectivity index (χ2n) is 13.3. The molecule has 238 valence electrons. The van der Waals surface area contributed by atoms with Crippen LogP contribution in [0.3, 0.4) is 0 Å². The number of fused-ring (bicyclic) bond motifs is 8. The fraction of sp³-hybridized carbons (Fsp3) is 0. The van der Waals surface area contributed by atoms with E-state index in [9.17, 15) is 0 Å². The molecule has 0 N–H and O–H groups in total. The molecule has 2 nitrogen and oxygen atoms in total. The van der Waals surface area contributed by atoms with E-state index in [4.69, 9.17) is 0 Å². The lowest BCUT2D eigenvalue weighted by molar-refractivity contribution is 1.03. The first-order valence-corrected chi connectivity index (χ1v) is 18.3. The Morgan fingerprint density at radius 1 is 0.412 bits per heavy atom. The fourth-order valence-electron chi connectivity index (χ4n) is 8.23. The molecule has 0 saturated heterocycles. The third-order valence-corrected chi connectivity index (χ3v) is 11.7. The Kier molecular flexibility index (Phi) is 6.22. The van der Waals surface area contributed by atoms with Gasteiger partial charge in [0.25, 0.3) is 0 Å². The topological polar surface area (TPSA) is 9.86 Å². The predicted molar refractivity (Wildman–Crippen MR) is 216 cm³/mol. The van der Waals surface area contributed by atoms with Crippen LogP contribution in [0.4, 0.5) is 0 Å². The minimum atomic E-state index is 1.15. The summed E-state index contributed by atoms with van der Waals surface area (Å²) in [6.07, 6.45) is 0. The molecule has 10 aromatic rings. The van der Waals surface area contributed by atoms with Crippen LogP contribution in [0, 0.1) is 0 Å². The monoisotopic (exact) mass is 666 g/mol. The molecule has 51 heavy (non-hydrogen) atoms. The molecule has 1 aliphatic rings. The summed E-state index contributed by atoms with van der Waals surface area (Å²) in [4.78, 5) is 2.56. The first-order chi connectivity index (χ1) is 25.3. The maximum atomic E-state index is 2.55. The number of rotatable bonds is 4. The standard InChI is InChI=1S/C48H30N2S/c1-3-12-31(13-4-1)33-24-27-34(28-25-33)39-19-10-22-42-47(39)51-43-23-11-20-40-45-44-38(36-29-26-32-14-7-8-15-35(32)30-36)18-9-21-41(44)49(37-16-5-2-6-17-37)48(45)50(42)46(40)43/h1-30H. The van der Waals surface area contributed by atoms with Crippen LogP contribution in [0.2, 0.25) is 0 Å². The van der Waals surface area contributed by atoms with Crippen molar-refractivity contribution in [1.82, 2.24) is 9.13 Å². The molecule has 0 amide bonds. The van der Waals surface area contributed by atoms with Crippen LogP contribution < -0.4 is 0 Å². The SMILES string of the molecule is c1ccc(-c2ccc(-c3cccc4c3Sc3cccc5c6c7c(-c8ccc9ccccc9c8)cccc7n(-c7ccccc7)c6n-4c35)cc2)cc1. The summed E-state index contributed by atoms with van der Waals surface area (Å²) in [5.41, 5.74) is 13.5. The van der Waals surface area contributed by atoms with Gasteiger partial charge in [0.1, 0.15) is 5.65 Å². The molecule has 0 aliphatic carbocycles. The van der Waals surface area contributed by atoms with Gasteiger partial charge in [-0.15, -0.1) is 0 Å². The summed E-state index contributed by atoms with van der Waals surface area (Å²) in [7, 11) is 0. The maximum Gasteiger partial charge on any atom is 0.131 e. The third-order valence-electron chi connectivity index (χ3n) is 10.5. The van der Waals surface area contributed by atoms with E-state index in [1.54, 1.807) is 0 Å². The second kappa shape index (κ2) is 11.1. The Morgan fingerprint density at radius 2 is 1.08 bits per heavy atom. The Hall–Kier alpha value is -6.29. The number of hydrogen-bond acceptors (Lipinski definition) is 1. The van der Waals surface area contributed by atoms with Gasteiger partial charge in [0, 0.05) is 31.6 Å².